The van der Waals surface area contributed by atoms with Crippen LogP contribution in [-0.2, 0) is 0 Å². The standard InChI is InChI=1S/C12H11ClIN3/c1-7-3-4-8(5-9(7)13)11-16-6-10(14)12(15-2)17-11/h3-6H,1-2H3,(H,15,16,17). The van der Waals surface area contributed by atoms with E-state index in [1.165, 1.54) is 0 Å². The molecular formula is C12H11ClIN3. The Morgan fingerprint density at radius 1 is 1.35 bits per heavy atom. The van der Waals surface area contributed by atoms with E-state index in [9.17, 15) is 0 Å². The molecule has 0 fully saturated rings. The topological polar surface area (TPSA) is 37.8 Å². The van der Waals surface area contributed by atoms with Crippen LogP contribution in [0.5, 0.6) is 0 Å². The predicted octanol–water partition coefficient (Wildman–Crippen LogP) is 3.75. The maximum atomic E-state index is 6.10. The van der Waals surface area contributed by atoms with Gasteiger partial charge in [0, 0.05) is 23.8 Å². The molecule has 0 radical (unpaired) electrons. The highest BCUT2D eigenvalue weighted by molar-refractivity contribution is 14.1. The minimum atomic E-state index is 0.677. The average Bonchev–Trinajstić information content (AvgIpc) is 2.33. The Kier molecular flexibility index (Phi) is 3.83. The third-order valence-corrected chi connectivity index (χ3v) is 3.61. The van der Waals surface area contributed by atoms with E-state index < -0.39 is 0 Å². The number of hydrogen-bond donors (Lipinski definition) is 1. The summed E-state index contributed by atoms with van der Waals surface area (Å²) in [6, 6.07) is 5.83. The molecule has 0 atom stereocenters. The third-order valence-electron chi connectivity index (χ3n) is 2.41. The van der Waals surface area contributed by atoms with Crippen molar-refractivity contribution in [1.82, 2.24) is 9.97 Å². The van der Waals surface area contributed by atoms with Crippen LogP contribution in [0.2, 0.25) is 5.02 Å². The van der Waals surface area contributed by atoms with Crippen LogP contribution in [0.15, 0.2) is 24.4 Å². The van der Waals surface area contributed by atoms with E-state index in [4.69, 9.17) is 11.6 Å². The van der Waals surface area contributed by atoms with E-state index in [0.29, 0.717) is 5.82 Å². The molecule has 0 amide bonds. The molecule has 88 valence electrons. The molecule has 1 aromatic carbocycles. The van der Waals surface area contributed by atoms with Gasteiger partial charge in [-0.25, -0.2) is 9.97 Å². The summed E-state index contributed by atoms with van der Waals surface area (Å²) in [6.45, 7) is 1.97. The van der Waals surface area contributed by atoms with E-state index in [-0.39, 0.29) is 0 Å². The minimum Gasteiger partial charge on any atom is -0.372 e. The quantitative estimate of drug-likeness (QED) is 0.830. The predicted molar refractivity (Wildman–Crippen MR) is 79.5 cm³/mol. The summed E-state index contributed by atoms with van der Waals surface area (Å²) < 4.78 is 0.993. The number of halogens is 2. The van der Waals surface area contributed by atoms with Crippen molar-refractivity contribution >= 4 is 40.0 Å². The molecule has 0 aliphatic carbocycles. The lowest BCUT2D eigenvalue weighted by molar-refractivity contribution is 1.15. The van der Waals surface area contributed by atoms with Crippen molar-refractivity contribution in [2.24, 2.45) is 0 Å². The highest BCUT2D eigenvalue weighted by atomic mass is 127. The fraction of sp³-hybridized carbons (Fsp3) is 0.167. The van der Waals surface area contributed by atoms with Crippen LogP contribution >= 0.6 is 34.2 Å². The Morgan fingerprint density at radius 3 is 2.76 bits per heavy atom. The van der Waals surface area contributed by atoms with E-state index in [0.717, 1.165) is 25.5 Å². The molecule has 3 nitrogen and oxygen atoms in total. The molecule has 17 heavy (non-hydrogen) atoms. The number of nitrogens with one attached hydrogen (secondary N) is 1. The number of rotatable bonds is 2. The molecule has 5 heteroatoms. The Balaban J connectivity index is 2.49. The summed E-state index contributed by atoms with van der Waals surface area (Å²) in [7, 11) is 1.84. The van der Waals surface area contributed by atoms with Crippen molar-refractivity contribution < 1.29 is 0 Å². The van der Waals surface area contributed by atoms with E-state index >= 15 is 0 Å². The van der Waals surface area contributed by atoms with Gasteiger partial charge in [-0.2, -0.15) is 0 Å². The summed E-state index contributed by atoms with van der Waals surface area (Å²) in [6.07, 6.45) is 1.79. The summed E-state index contributed by atoms with van der Waals surface area (Å²) in [4.78, 5) is 8.75. The molecule has 0 aliphatic rings. The zero-order chi connectivity index (χ0) is 12.4. The lowest BCUT2D eigenvalue weighted by atomic mass is 10.1. The highest BCUT2D eigenvalue weighted by Gasteiger charge is 2.07. The highest BCUT2D eigenvalue weighted by Crippen LogP contribution is 2.24. The van der Waals surface area contributed by atoms with Gasteiger partial charge in [0.25, 0.3) is 0 Å². The smallest absolute Gasteiger partial charge is 0.161 e. The van der Waals surface area contributed by atoms with Crippen molar-refractivity contribution in [1.29, 1.82) is 0 Å². The van der Waals surface area contributed by atoms with Gasteiger partial charge in [-0.05, 0) is 41.1 Å². The molecule has 0 bridgehead atoms. The van der Waals surface area contributed by atoms with E-state index in [1.54, 1.807) is 6.20 Å². The molecule has 0 spiro atoms. The van der Waals surface area contributed by atoms with Crippen molar-refractivity contribution in [3.05, 3.63) is 38.6 Å². The summed E-state index contributed by atoms with van der Waals surface area (Å²) in [5, 5.41) is 3.77. The zero-order valence-electron chi connectivity index (χ0n) is 9.46. The number of anilines is 1. The fourth-order valence-electron chi connectivity index (χ4n) is 1.41. The molecule has 0 saturated heterocycles. The average molecular weight is 360 g/mol. The number of benzene rings is 1. The molecule has 0 aliphatic heterocycles. The Morgan fingerprint density at radius 2 is 2.12 bits per heavy atom. The lowest BCUT2D eigenvalue weighted by Crippen LogP contribution is -1.99. The van der Waals surface area contributed by atoms with E-state index in [2.05, 4.69) is 37.9 Å². The van der Waals surface area contributed by atoms with Gasteiger partial charge in [0.1, 0.15) is 5.82 Å². The van der Waals surface area contributed by atoms with Crippen molar-refractivity contribution in [2.75, 3.05) is 12.4 Å². The van der Waals surface area contributed by atoms with Gasteiger partial charge >= 0.3 is 0 Å². The van der Waals surface area contributed by atoms with Gasteiger partial charge in [0.05, 0.1) is 3.57 Å². The van der Waals surface area contributed by atoms with Crippen LogP contribution in [0, 0.1) is 10.5 Å². The third kappa shape index (κ3) is 2.69. The van der Waals surface area contributed by atoms with Crippen LogP contribution in [0.4, 0.5) is 5.82 Å². The fourth-order valence-corrected chi connectivity index (χ4v) is 2.12. The first-order valence-electron chi connectivity index (χ1n) is 5.08. The number of aromatic nitrogens is 2. The number of hydrogen-bond acceptors (Lipinski definition) is 3. The normalized spacial score (nSPS) is 10.4. The Labute approximate surface area is 119 Å². The molecule has 2 rings (SSSR count). The van der Waals surface area contributed by atoms with Crippen LogP contribution in [0.25, 0.3) is 11.4 Å². The Bertz CT molecular complexity index is 557. The van der Waals surface area contributed by atoms with Crippen LogP contribution in [-0.4, -0.2) is 17.0 Å². The van der Waals surface area contributed by atoms with Crippen molar-refractivity contribution in [3.63, 3.8) is 0 Å². The first kappa shape index (κ1) is 12.6. The first-order chi connectivity index (χ1) is 8.11. The van der Waals surface area contributed by atoms with Gasteiger partial charge in [-0.1, -0.05) is 23.7 Å². The van der Waals surface area contributed by atoms with Crippen LogP contribution in [0.1, 0.15) is 5.56 Å². The first-order valence-corrected chi connectivity index (χ1v) is 6.54. The molecule has 2 aromatic rings. The number of nitrogens with zero attached hydrogens (tertiary/aromatic N) is 2. The van der Waals surface area contributed by atoms with E-state index in [1.807, 2.05) is 32.2 Å². The number of aryl methyl sites for hydroxylation is 1. The van der Waals surface area contributed by atoms with Gasteiger partial charge in [0.15, 0.2) is 5.82 Å². The molecule has 1 N–H and O–H groups in total. The van der Waals surface area contributed by atoms with Gasteiger partial charge in [0.2, 0.25) is 0 Å². The second-order valence-electron chi connectivity index (χ2n) is 3.60. The molecule has 1 aromatic heterocycles. The maximum absolute atomic E-state index is 6.10. The molecule has 1 heterocycles. The monoisotopic (exact) mass is 359 g/mol. The molecule has 0 unspecified atom stereocenters. The van der Waals surface area contributed by atoms with Crippen molar-refractivity contribution in [2.45, 2.75) is 6.92 Å². The second kappa shape index (κ2) is 5.18. The van der Waals surface area contributed by atoms with Gasteiger partial charge in [-0.3, -0.25) is 0 Å². The summed E-state index contributed by atoms with van der Waals surface area (Å²) in [5.74, 6) is 1.50. The minimum absolute atomic E-state index is 0.677. The van der Waals surface area contributed by atoms with Crippen LogP contribution in [0.3, 0.4) is 0 Å². The molecular weight excluding hydrogens is 349 g/mol. The zero-order valence-corrected chi connectivity index (χ0v) is 12.4. The maximum Gasteiger partial charge on any atom is 0.161 e. The second-order valence-corrected chi connectivity index (χ2v) is 5.17. The largest absolute Gasteiger partial charge is 0.372 e. The summed E-state index contributed by atoms with van der Waals surface area (Å²) >= 11 is 8.29. The van der Waals surface area contributed by atoms with Gasteiger partial charge in [-0.15, -0.1) is 0 Å². The van der Waals surface area contributed by atoms with Crippen LogP contribution < -0.4 is 5.32 Å². The van der Waals surface area contributed by atoms with Gasteiger partial charge < -0.3 is 5.32 Å². The Hall–Kier alpha value is -0.880. The molecule has 0 saturated carbocycles. The summed E-state index contributed by atoms with van der Waals surface area (Å²) in [5.41, 5.74) is 1.98. The SMILES string of the molecule is CNc1nc(-c2ccc(C)c(Cl)c2)ncc1I. The van der Waals surface area contributed by atoms with Crippen molar-refractivity contribution in [3.8, 4) is 11.4 Å². The lowest BCUT2D eigenvalue weighted by Gasteiger charge is -2.06.